The lowest BCUT2D eigenvalue weighted by Crippen LogP contribution is -2.50. The summed E-state index contributed by atoms with van der Waals surface area (Å²) in [7, 11) is 0. The molecule has 7 heteroatoms. The van der Waals surface area contributed by atoms with Gasteiger partial charge in [-0.2, -0.15) is 11.8 Å². The summed E-state index contributed by atoms with van der Waals surface area (Å²) in [6, 6.07) is 14.3. The van der Waals surface area contributed by atoms with Gasteiger partial charge >= 0.3 is 0 Å². The number of carbonyl (C=O) groups is 2. The van der Waals surface area contributed by atoms with Crippen molar-refractivity contribution >= 4 is 41.4 Å². The third kappa shape index (κ3) is 6.94. The number of hydrogen-bond donors (Lipinski definition) is 1. The molecular weight excluding hydrogens is 491 g/mol. The van der Waals surface area contributed by atoms with Crippen molar-refractivity contribution in [3.05, 3.63) is 75.9 Å². The molecule has 2 fully saturated rings. The SMILES string of the molecule is CCCSCCCNC(=O)c1ccc(/C=C2/SC3CCCCC3N(Cc3ccccc3F)C2=O)cc1. The Morgan fingerprint density at radius 2 is 1.92 bits per heavy atom. The van der Waals surface area contributed by atoms with Crippen molar-refractivity contribution < 1.29 is 14.0 Å². The molecule has 0 aromatic heterocycles. The van der Waals surface area contributed by atoms with E-state index < -0.39 is 0 Å². The van der Waals surface area contributed by atoms with Crippen molar-refractivity contribution in [2.75, 3.05) is 18.1 Å². The van der Waals surface area contributed by atoms with Gasteiger partial charge in [-0.1, -0.05) is 50.1 Å². The van der Waals surface area contributed by atoms with E-state index >= 15 is 0 Å². The van der Waals surface area contributed by atoms with Gasteiger partial charge in [0.2, 0.25) is 0 Å². The van der Waals surface area contributed by atoms with Gasteiger partial charge in [0.1, 0.15) is 5.82 Å². The summed E-state index contributed by atoms with van der Waals surface area (Å²) in [5.74, 6) is 1.85. The van der Waals surface area contributed by atoms with E-state index in [2.05, 4.69) is 12.2 Å². The highest BCUT2D eigenvalue weighted by Gasteiger charge is 2.40. The minimum atomic E-state index is -0.269. The number of thioether (sulfide) groups is 2. The van der Waals surface area contributed by atoms with E-state index in [1.54, 1.807) is 23.9 Å². The minimum absolute atomic E-state index is 0.0332. The Hall–Kier alpha value is -2.25. The Kier molecular flexibility index (Phi) is 9.93. The molecule has 36 heavy (non-hydrogen) atoms. The van der Waals surface area contributed by atoms with Crippen LogP contribution in [0.5, 0.6) is 0 Å². The first kappa shape index (κ1) is 26.8. The van der Waals surface area contributed by atoms with Crippen LogP contribution in [0.3, 0.4) is 0 Å². The monoisotopic (exact) mass is 526 g/mol. The fraction of sp³-hybridized carbons (Fsp3) is 0.448. The predicted octanol–water partition coefficient (Wildman–Crippen LogP) is 6.52. The van der Waals surface area contributed by atoms with E-state index in [0.29, 0.717) is 34.4 Å². The molecule has 1 saturated carbocycles. The Morgan fingerprint density at radius 1 is 1.14 bits per heavy atom. The molecule has 2 aliphatic rings. The minimum Gasteiger partial charge on any atom is -0.352 e. The van der Waals surface area contributed by atoms with Crippen LogP contribution in [0.1, 0.15) is 66.9 Å². The average Bonchev–Trinajstić information content (AvgIpc) is 2.90. The van der Waals surface area contributed by atoms with E-state index in [9.17, 15) is 14.0 Å². The number of carbonyl (C=O) groups excluding carboxylic acids is 2. The van der Waals surface area contributed by atoms with E-state index in [4.69, 9.17) is 0 Å². The van der Waals surface area contributed by atoms with Gasteiger partial charge in [0.25, 0.3) is 11.8 Å². The predicted molar refractivity (Wildman–Crippen MR) is 150 cm³/mol. The summed E-state index contributed by atoms with van der Waals surface area (Å²) < 4.78 is 14.4. The van der Waals surface area contributed by atoms with Crippen molar-refractivity contribution in [1.82, 2.24) is 10.2 Å². The fourth-order valence-corrected chi connectivity index (χ4v) is 7.09. The zero-order chi connectivity index (χ0) is 25.3. The summed E-state index contributed by atoms with van der Waals surface area (Å²) in [6.45, 7) is 3.14. The van der Waals surface area contributed by atoms with Gasteiger partial charge in [0, 0.05) is 35.5 Å². The van der Waals surface area contributed by atoms with Gasteiger partial charge < -0.3 is 10.2 Å². The smallest absolute Gasteiger partial charge is 0.260 e. The molecule has 1 aliphatic carbocycles. The lowest BCUT2D eigenvalue weighted by atomic mass is 9.92. The summed E-state index contributed by atoms with van der Waals surface area (Å²) in [4.78, 5) is 28.6. The second kappa shape index (κ2) is 13.3. The zero-order valence-electron chi connectivity index (χ0n) is 20.9. The summed E-state index contributed by atoms with van der Waals surface area (Å²) in [5, 5.41) is 3.31. The van der Waals surface area contributed by atoms with E-state index in [-0.39, 0.29) is 23.7 Å². The number of fused-ring (bicyclic) bond motifs is 1. The van der Waals surface area contributed by atoms with Crippen LogP contribution in [0, 0.1) is 5.82 Å². The van der Waals surface area contributed by atoms with Crippen LogP contribution in [0.15, 0.2) is 53.4 Å². The molecule has 1 N–H and O–H groups in total. The summed E-state index contributed by atoms with van der Waals surface area (Å²) in [5.41, 5.74) is 2.06. The molecule has 2 aromatic rings. The quantitative estimate of drug-likeness (QED) is 0.283. The molecule has 2 atom stereocenters. The lowest BCUT2D eigenvalue weighted by molar-refractivity contribution is -0.130. The molecular formula is C29H35FN2O2S2. The number of nitrogens with zero attached hydrogens (tertiary/aromatic N) is 1. The number of benzene rings is 2. The van der Waals surface area contributed by atoms with Crippen molar-refractivity contribution in [1.29, 1.82) is 0 Å². The van der Waals surface area contributed by atoms with Crippen molar-refractivity contribution in [2.24, 2.45) is 0 Å². The second-order valence-electron chi connectivity index (χ2n) is 9.38. The van der Waals surface area contributed by atoms with Gasteiger partial charge in [-0.15, -0.1) is 11.8 Å². The maximum Gasteiger partial charge on any atom is 0.260 e. The fourth-order valence-electron chi connectivity index (χ4n) is 4.78. The Labute approximate surface area is 222 Å². The molecule has 4 rings (SSSR count). The first-order valence-corrected chi connectivity index (χ1v) is 15.0. The molecule has 2 unspecified atom stereocenters. The van der Waals surface area contributed by atoms with Crippen molar-refractivity contribution in [3.63, 3.8) is 0 Å². The topological polar surface area (TPSA) is 49.4 Å². The highest BCUT2D eigenvalue weighted by Crippen LogP contribution is 2.42. The molecule has 192 valence electrons. The molecule has 1 aliphatic heterocycles. The Balaban J connectivity index is 1.43. The summed E-state index contributed by atoms with van der Waals surface area (Å²) in [6.07, 6.45) is 8.34. The van der Waals surface area contributed by atoms with Gasteiger partial charge in [-0.25, -0.2) is 4.39 Å². The maximum absolute atomic E-state index is 14.4. The molecule has 0 radical (unpaired) electrons. The van der Waals surface area contributed by atoms with E-state index in [1.807, 2.05) is 53.1 Å². The molecule has 2 amide bonds. The Morgan fingerprint density at radius 3 is 2.69 bits per heavy atom. The average molecular weight is 527 g/mol. The molecule has 4 nitrogen and oxygen atoms in total. The van der Waals surface area contributed by atoms with Gasteiger partial charge in [-0.05, 0) is 67.0 Å². The van der Waals surface area contributed by atoms with Crippen LogP contribution in [-0.4, -0.2) is 46.1 Å². The number of nitrogens with one attached hydrogen (secondary N) is 1. The molecule has 1 heterocycles. The van der Waals surface area contributed by atoms with Gasteiger partial charge in [0.05, 0.1) is 4.91 Å². The van der Waals surface area contributed by atoms with Crippen LogP contribution in [0.25, 0.3) is 6.08 Å². The van der Waals surface area contributed by atoms with Crippen LogP contribution in [-0.2, 0) is 11.3 Å². The highest BCUT2D eigenvalue weighted by atomic mass is 32.2. The van der Waals surface area contributed by atoms with Gasteiger partial charge in [-0.3, -0.25) is 9.59 Å². The molecule has 0 bridgehead atoms. The third-order valence-electron chi connectivity index (χ3n) is 6.69. The first-order chi connectivity index (χ1) is 17.6. The maximum atomic E-state index is 14.4. The van der Waals surface area contributed by atoms with Crippen LogP contribution < -0.4 is 5.32 Å². The van der Waals surface area contributed by atoms with Crippen LogP contribution in [0.2, 0.25) is 0 Å². The van der Waals surface area contributed by atoms with Gasteiger partial charge in [0.15, 0.2) is 0 Å². The van der Waals surface area contributed by atoms with Crippen molar-refractivity contribution in [2.45, 2.75) is 63.3 Å². The van der Waals surface area contributed by atoms with Crippen molar-refractivity contribution in [3.8, 4) is 0 Å². The zero-order valence-corrected chi connectivity index (χ0v) is 22.5. The number of halogens is 1. The summed E-state index contributed by atoms with van der Waals surface area (Å²) >= 11 is 3.58. The standard InChI is InChI=1S/C29H35FN2O2S2/c1-2-17-35-18-7-16-31-28(33)22-14-12-21(13-15-22)19-27-29(34)32(20-23-8-3-4-9-24(23)30)25-10-5-6-11-26(25)36-27/h3-4,8-9,12-15,19,25-26H,2,5-7,10-11,16-18,20H2,1H3,(H,31,33)/b27-19+. The Bertz CT molecular complexity index is 1070. The van der Waals surface area contributed by atoms with E-state index in [1.165, 1.54) is 12.5 Å². The van der Waals surface area contributed by atoms with E-state index in [0.717, 1.165) is 49.2 Å². The first-order valence-electron chi connectivity index (χ1n) is 13.0. The third-order valence-corrected chi connectivity index (χ3v) is 9.36. The van der Waals surface area contributed by atoms with Crippen LogP contribution >= 0.6 is 23.5 Å². The normalized spacial score (nSPS) is 20.9. The molecule has 1 saturated heterocycles. The number of hydrogen-bond acceptors (Lipinski definition) is 4. The lowest BCUT2D eigenvalue weighted by Gasteiger charge is -2.44. The largest absolute Gasteiger partial charge is 0.352 e. The molecule has 0 spiro atoms. The second-order valence-corrected chi connectivity index (χ2v) is 11.9. The highest BCUT2D eigenvalue weighted by molar-refractivity contribution is 8.04. The number of rotatable bonds is 10. The molecule has 2 aromatic carbocycles. The number of amides is 2. The van der Waals surface area contributed by atoms with Crippen LogP contribution in [0.4, 0.5) is 4.39 Å².